The van der Waals surface area contributed by atoms with Gasteiger partial charge in [0.05, 0.1) is 5.03 Å². The number of halogens is 1. The predicted octanol–water partition coefficient (Wildman–Crippen LogP) is 3.71. The Morgan fingerprint density at radius 1 is 1.44 bits per heavy atom. The molecule has 2 nitrogen and oxygen atoms in total. The summed E-state index contributed by atoms with van der Waals surface area (Å²) in [7, 11) is 0. The van der Waals surface area contributed by atoms with Crippen LogP contribution in [0.15, 0.2) is 27.8 Å². The second kappa shape index (κ2) is 7.30. The van der Waals surface area contributed by atoms with Gasteiger partial charge in [0.2, 0.25) is 0 Å². The second-order valence-corrected chi connectivity index (χ2v) is 6.31. The first-order chi connectivity index (χ1) is 7.61. The van der Waals surface area contributed by atoms with Gasteiger partial charge in [0, 0.05) is 22.0 Å². The number of hydrogen-bond donors (Lipinski definition) is 1. The number of rotatable bonds is 6. The zero-order valence-corrected chi connectivity index (χ0v) is 12.4. The van der Waals surface area contributed by atoms with Crippen LogP contribution in [0.5, 0.6) is 0 Å². The Morgan fingerprint density at radius 3 is 2.75 bits per heavy atom. The molecule has 2 atom stereocenters. The molecule has 16 heavy (non-hydrogen) atoms. The van der Waals surface area contributed by atoms with E-state index in [4.69, 9.17) is 0 Å². The molecule has 0 radical (unpaired) electrons. The molecular weight excluding hydrogens is 284 g/mol. The highest BCUT2D eigenvalue weighted by atomic mass is 79.9. The van der Waals surface area contributed by atoms with E-state index in [-0.39, 0.29) is 0 Å². The lowest BCUT2D eigenvalue weighted by Gasteiger charge is -2.17. The Balaban J connectivity index is 2.39. The monoisotopic (exact) mass is 302 g/mol. The van der Waals surface area contributed by atoms with Crippen LogP contribution in [0.1, 0.15) is 27.2 Å². The van der Waals surface area contributed by atoms with E-state index in [0.29, 0.717) is 11.3 Å². The molecule has 0 aliphatic rings. The van der Waals surface area contributed by atoms with E-state index >= 15 is 0 Å². The fraction of sp³-hybridized carbons (Fsp3) is 0.583. The van der Waals surface area contributed by atoms with E-state index in [2.05, 4.69) is 53.1 Å². The summed E-state index contributed by atoms with van der Waals surface area (Å²) in [6.45, 7) is 7.66. The Bertz CT molecular complexity index is 302. The molecule has 0 aliphatic heterocycles. The summed E-state index contributed by atoms with van der Waals surface area (Å²) >= 11 is 5.23. The Labute approximate surface area is 111 Å². The molecule has 1 aromatic heterocycles. The molecule has 0 aromatic carbocycles. The van der Waals surface area contributed by atoms with E-state index in [0.717, 1.165) is 22.5 Å². The average molecular weight is 303 g/mol. The Kier molecular flexibility index (Phi) is 6.39. The fourth-order valence-corrected chi connectivity index (χ4v) is 2.91. The maximum absolute atomic E-state index is 4.37. The molecule has 0 spiro atoms. The molecule has 90 valence electrons. The van der Waals surface area contributed by atoms with Gasteiger partial charge in [-0.15, -0.1) is 11.8 Å². The van der Waals surface area contributed by atoms with Crippen LogP contribution >= 0.6 is 27.7 Å². The van der Waals surface area contributed by atoms with Crippen LogP contribution in [0.25, 0.3) is 0 Å². The molecule has 1 aromatic rings. The second-order valence-electron chi connectivity index (χ2n) is 3.94. The summed E-state index contributed by atoms with van der Waals surface area (Å²) in [5.41, 5.74) is 0. The van der Waals surface area contributed by atoms with Crippen molar-refractivity contribution in [3.05, 3.63) is 22.8 Å². The van der Waals surface area contributed by atoms with Crippen LogP contribution < -0.4 is 5.32 Å². The molecule has 2 unspecified atom stereocenters. The van der Waals surface area contributed by atoms with Gasteiger partial charge in [0.1, 0.15) is 0 Å². The van der Waals surface area contributed by atoms with Crippen LogP contribution in [-0.4, -0.2) is 22.8 Å². The van der Waals surface area contributed by atoms with Gasteiger partial charge >= 0.3 is 0 Å². The molecule has 0 fully saturated rings. The number of hydrogen-bond acceptors (Lipinski definition) is 3. The predicted molar refractivity (Wildman–Crippen MR) is 75.0 cm³/mol. The number of aromatic nitrogens is 1. The van der Waals surface area contributed by atoms with E-state index in [1.54, 1.807) is 0 Å². The van der Waals surface area contributed by atoms with Crippen LogP contribution in [0.2, 0.25) is 0 Å². The quantitative estimate of drug-likeness (QED) is 0.811. The number of nitrogens with one attached hydrogen (secondary N) is 1. The Hall–Kier alpha value is -0.0600. The van der Waals surface area contributed by atoms with Gasteiger partial charge in [-0.2, -0.15) is 0 Å². The SMILES string of the molecule is CCNC(C)CC(C)Sc1ccc(Br)cn1. The number of nitrogens with zero attached hydrogens (tertiary/aromatic N) is 1. The lowest BCUT2D eigenvalue weighted by molar-refractivity contribution is 0.530. The first-order valence-corrected chi connectivity index (χ1v) is 7.30. The van der Waals surface area contributed by atoms with Gasteiger partial charge in [0.25, 0.3) is 0 Å². The van der Waals surface area contributed by atoms with Crippen molar-refractivity contribution in [1.82, 2.24) is 10.3 Å². The zero-order valence-electron chi connectivity index (χ0n) is 10.0. The van der Waals surface area contributed by atoms with E-state index in [9.17, 15) is 0 Å². The lowest BCUT2D eigenvalue weighted by Crippen LogP contribution is -2.28. The van der Waals surface area contributed by atoms with Crippen LogP contribution in [0.4, 0.5) is 0 Å². The molecule has 1 rings (SSSR count). The summed E-state index contributed by atoms with van der Waals surface area (Å²) in [6.07, 6.45) is 3.01. The molecule has 4 heteroatoms. The van der Waals surface area contributed by atoms with Crippen molar-refractivity contribution >= 4 is 27.7 Å². The van der Waals surface area contributed by atoms with Crippen LogP contribution in [-0.2, 0) is 0 Å². The van der Waals surface area contributed by atoms with Crippen molar-refractivity contribution in [2.45, 2.75) is 43.5 Å². The van der Waals surface area contributed by atoms with Crippen LogP contribution in [0, 0.1) is 0 Å². The summed E-state index contributed by atoms with van der Waals surface area (Å²) in [5.74, 6) is 0. The van der Waals surface area contributed by atoms with E-state index in [1.165, 1.54) is 0 Å². The minimum Gasteiger partial charge on any atom is -0.314 e. The minimum atomic E-state index is 0.572. The molecule has 1 heterocycles. The molecule has 0 saturated heterocycles. The van der Waals surface area contributed by atoms with Gasteiger partial charge in [-0.1, -0.05) is 13.8 Å². The van der Waals surface area contributed by atoms with Crippen molar-refractivity contribution in [2.24, 2.45) is 0 Å². The standard InChI is InChI=1S/C12H19BrN2S/c1-4-14-9(2)7-10(3)16-12-6-5-11(13)8-15-12/h5-6,8-10,14H,4,7H2,1-3H3. The van der Waals surface area contributed by atoms with Crippen molar-refractivity contribution in [2.75, 3.05) is 6.54 Å². The van der Waals surface area contributed by atoms with Gasteiger partial charge in [-0.05, 0) is 48.0 Å². The van der Waals surface area contributed by atoms with Crippen molar-refractivity contribution in [3.8, 4) is 0 Å². The summed E-state index contributed by atoms with van der Waals surface area (Å²) in [4.78, 5) is 4.37. The van der Waals surface area contributed by atoms with Gasteiger partial charge in [0.15, 0.2) is 0 Å². The summed E-state index contributed by atoms with van der Waals surface area (Å²) < 4.78 is 1.03. The number of pyridine rings is 1. The first-order valence-electron chi connectivity index (χ1n) is 5.63. The van der Waals surface area contributed by atoms with E-state index in [1.807, 2.05) is 24.0 Å². The zero-order chi connectivity index (χ0) is 12.0. The molecular formula is C12H19BrN2S. The third kappa shape index (κ3) is 5.32. The Morgan fingerprint density at radius 2 is 2.19 bits per heavy atom. The molecule has 1 N–H and O–H groups in total. The highest BCUT2D eigenvalue weighted by Gasteiger charge is 2.09. The smallest absolute Gasteiger partial charge is 0.0963 e. The highest BCUT2D eigenvalue weighted by Crippen LogP contribution is 2.24. The third-order valence-corrected chi connectivity index (χ3v) is 3.81. The lowest BCUT2D eigenvalue weighted by atomic mass is 10.2. The summed E-state index contributed by atoms with van der Waals surface area (Å²) in [5, 5.41) is 5.11. The van der Waals surface area contributed by atoms with Gasteiger partial charge < -0.3 is 5.32 Å². The van der Waals surface area contributed by atoms with Crippen molar-refractivity contribution < 1.29 is 0 Å². The van der Waals surface area contributed by atoms with E-state index < -0.39 is 0 Å². The largest absolute Gasteiger partial charge is 0.314 e. The normalized spacial score (nSPS) is 14.8. The first kappa shape index (κ1) is 14.0. The third-order valence-electron chi connectivity index (χ3n) is 2.26. The maximum Gasteiger partial charge on any atom is 0.0963 e. The van der Waals surface area contributed by atoms with Crippen LogP contribution in [0.3, 0.4) is 0 Å². The van der Waals surface area contributed by atoms with Crippen molar-refractivity contribution in [3.63, 3.8) is 0 Å². The highest BCUT2D eigenvalue weighted by molar-refractivity contribution is 9.10. The maximum atomic E-state index is 4.37. The summed E-state index contributed by atoms with van der Waals surface area (Å²) in [6, 6.07) is 4.67. The molecule has 0 aliphatic carbocycles. The molecule has 0 bridgehead atoms. The molecule has 0 saturated carbocycles. The van der Waals surface area contributed by atoms with Crippen molar-refractivity contribution in [1.29, 1.82) is 0 Å². The number of thioether (sulfide) groups is 1. The fourth-order valence-electron chi connectivity index (χ4n) is 1.62. The average Bonchev–Trinajstić information content (AvgIpc) is 2.21. The molecule has 0 amide bonds. The van der Waals surface area contributed by atoms with Gasteiger partial charge in [-0.25, -0.2) is 4.98 Å². The minimum absolute atomic E-state index is 0.572. The van der Waals surface area contributed by atoms with Gasteiger partial charge in [-0.3, -0.25) is 0 Å². The topological polar surface area (TPSA) is 24.9 Å².